The molecule has 0 spiro atoms. The third-order valence-electron chi connectivity index (χ3n) is 13.4. The van der Waals surface area contributed by atoms with Crippen molar-refractivity contribution in [2.45, 2.75) is 43.9 Å². The molecule has 0 aliphatic heterocycles. The number of benzene rings is 8. The second kappa shape index (κ2) is 11.4. The maximum absolute atomic E-state index is 2.50. The van der Waals surface area contributed by atoms with Crippen molar-refractivity contribution in [3.05, 3.63) is 226 Å². The minimum absolute atomic E-state index is 0.0568. The number of fused-ring (bicyclic) bond motifs is 9. The SMILES string of the molecule is CC1(C)c2ccccc2-c2ccc(-c3ccc4c(c3)C(c3ccccc3)(c3ccccc3)c3cc(-c5ccc6c(c5)C(C)(C)c5ccccc5-6)ccc3-4)cc21. The van der Waals surface area contributed by atoms with Crippen LogP contribution in [0.25, 0.3) is 55.6 Å². The lowest BCUT2D eigenvalue weighted by molar-refractivity contribution is 0.660. The van der Waals surface area contributed by atoms with Crippen LogP contribution < -0.4 is 0 Å². The minimum Gasteiger partial charge on any atom is -0.0622 e. The van der Waals surface area contributed by atoms with Gasteiger partial charge in [-0.15, -0.1) is 0 Å². The largest absolute Gasteiger partial charge is 0.0713 e. The van der Waals surface area contributed by atoms with Gasteiger partial charge in [-0.25, -0.2) is 0 Å². The second-order valence-electron chi connectivity index (χ2n) is 16.9. The molecule has 0 fully saturated rings. The van der Waals surface area contributed by atoms with Gasteiger partial charge < -0.3 is 0 Å². The van der Waals surface area contributed by atoms with Crippen LogP contribution in [0.15, 0.2) is 182 Å². The standard InChI is InChI=1S/C55H42/c1-53(2)47-21-13-11-19-41(47)43-27-23-35(31-49(43)53)37-25-29-45-46-30-26-38(36-24-28-44-42-20-12-14-22-48(42)54(3,4)50(44)32-36)34-52(46)55(51(45)33-37,39-15-7-5-8-16-39)40-17-9-6-10-18-40/h5-34H,1-4H3. The Morgan fingerprint density at radius 3 is 0.927 bits per heavy atom. The molecule has 0 saturated carbocycles. The van der Waals surface area contributed by atoms with E-state index in [2.05, 4.69) is 210 Å². The molecule has 11 rings (SSSR count). The van der Waals surface area contributed by atoms with Crippen LogP contribution in [-0.2, 0) is 16.2 Å². The van der Waals surface area contributed by atoms with Gasteiger partial charge in [0.25, 0.3) is 0 Å². The van der Waals surface area contributed by atoms with Gasteiger partial charge in [0, 0.05) is 10.8 Å². The highest BCUT2D eigenvalue weighted by atomic mass is 14.5. The fourth-order valence-corrected chi connectivity index (χ4v) is 10.6. The van der Waals surface area contributed by atoms with Crippen molar-refractivity contribution in [1.82, 2.24) is 0 Å². The lowest BCUT2D eigenvalue weighted by Gasteiger charge is -2.34. The molecule has 0 heterocycles. The molecule has 0 atom stereocenters. The summed E-state index contributed by atoms with van der Waals surface area (Å²) in [6, 6.07) is 69.0. The van der Waals surface area contributed by atoms with E-state index in [1.54, 1.807) is 0 Å². The molecule has 3 aliphatic carbocycles. The lowest BCUT2D eigenvalue weighted by atomic mass is 9.67. The van der Waals surface area contributed by atoms with E-state index >= 15 is 0 Å². The molecular formula is C55H42. The summed E-state index contributed by atoms with van der Waals surface area (Å²) in [5, 5.41) is 0. The first-order chi connectivity index (χ1) is 26.8. The van der Waals surface area contributed by atoms with Gasteiger partial charge in [-0.3, -0.25) is 0 Å². The Kier molecular flexibility index (Phi) is 6.67. The normalized spacial score (nSPS) is 15.7. The highest BCUT2D eigenvalue weighted by Crippen LogP contribution is 2.58. The molecule has 0 radical (unpaired) electrons. The van der Waals surface area contributed by atoms with Crippen molar-refractivity contribution >= 4 is 0 Å². The summed E-state index contributed by atoms with van der Waals surface area (Å²) in [5.74, 6) is 0. The van der Waals surface area contributed by atoms with Crippen molar-refractivity contribution in [1.29, 1.82) is 0 Å². The molecule has 0 bridgehead atoms. The van der Waals surface area contributed by atoms with Gasteiger partial charge in [-0.2, -0.15) is 0 Å². The van der Waals surface area contributed by atoms with Gasteiger partial charge in [0.1, 0.15) is 0 Å². The summed E-state index contributed by atoms with van der Waals surface area (Å²) in [6.45, 7) is 9.48. The molecule has 0 saturated heterocycles. The molecule has 8 aromatic carbocycles. The van der Waals surface area contributed by atoms with Gasteiger partial charge in [0.2, 0.25) is 0 Å². The minimum atomic E-state index is -0.502. The van der Waals surface area contributed by atoms with E-state index in [1.807, 2.05) is 0 Å². The molecule has 3 aliphatic rings. The zero-order valence-corrected chi connectivity index (χ0v) is 31.8. The van der Waals surface area contributed by atoms with Crippen LogP contribution >= 0.6 is 0 Å². The molecule has 8 aromatic rings. The summed E-state index contributed by atoms with van der Waals surface area (Å²) in [5.41, 5.74) is 23.3. The van der Waals surface area contributed by atoms with Crippen molar-refractivity contribution in [2.75, 3.05) is 0 Å². The lowest BCUT2D eigenvalue weighted by Crippen LogP contribution is -2.28. The monoisotopic (exact) mass is 702 g/mol. The summed E-state index contributed by atoms with van der Waals surface area (Å²) < 4.78 is 0. The zero-order chi connectivity index (χ0) is 37.1. The van der Waals surface area contributed by atoms with Gasteiger partial charge in [-0.05, 0) is 124 Å². The molecule has 0 nitrogen and oxygen atoms in total. The first kappa shape index (κ1) is 32.2. The molecule has 0 aromatic heterocycles. The van der Waals surface area contributed by atoms with Crippen LogP contribution in [0.5, 0.6) is 0 Å². The molecule has 55 heavy (non-hydrogen) atoms. The average Bonchev–Trinajstić information content (AvgIpc) is 3.75. The van der Waals surface area contributed by atoms with Crippen LogP contribution in [-0.4, -0.2) is 0 Å². The van der Waals surface area contributed by atoms with Crippen LogP contribution in [0.1, 0.15) is 72.2 Å². The Hall–Kier alpha value is -6.24. The Morgan fingerprint density at radius 1 is 0.255 bits per heavy atom. The van der Waals surface area contributed by atoms with Crippen LogP contribution in [0, 0.1) is 0 Å². The highest BCUT2D eigenvalue weighted by molar-refractivity contribution is 5.92. The van der Waals surface area contributed by atoms with Crippen LogP contribution in [0.2, 0.25) is 0 Å². The van der Waals surface area contributed by atoms with Gasteiger partial charge in [0.05, 0.1) is 5.41 Å². The van der Waals surface area contributed by atoms with E-state index < -0.39 is 5.41 Å². The van der Waals surface area contributed by atoms with E-state index in [4.69, 9.17) is 0 Å². The van der Waals surface area contributed by atoms with Crippen molar-refractivity contribution in [2.24, 2.45) is 0 Å². The summed E-state index contributed by atoms with van der Waals surface area (Å²) in [7, 11) is 0. The maximum Gasteiger partial charge on any atom is 0.0713 e. The number of hydrogen-bond acceptors (Lipinski definition) is 0. The topological polar surface area (TPSA) is 0 Å². The molecule has 262 valence electrons. The number of hydrogen-bond donors (Lipinski definition) is 0. The van der Waals surface area contributed by atoms with Crippen LogP contribution in [0.4, 0.5) is 0 Å². The third-order valence-corrected chi connectivity index (χ3v) is 13.4. The molecular weight excluding hydrogens is 661 g/mol. The average molecular weight is 703 g/mol. The van der Waals surface area contributed by atoms with E-state index in [1.165, 1.54) is 100 Å². The van der Waals surface area contributed by atoms with E-state index in [9.17, 15) is 0 Å². The van der Waals surface area contributed by atoms with Crippen molar-refractivity contribution in [3.63, 3.8) is 0 Å². The second-order valence-corrected chi connectivity index (χ2v) is 16.9. The Bertz CT molecular complexity index is 2650. The Labute approximate surface area is 324 Å². The van der Waals surface area contributed by atoms with Gasteiger partial charge in [0.15, 0.2) is 0 Å². The molecule has 0 amide bonds. The zero-order valence-electron chi connectivity index (χ0n) is 31.8. The first-order valence-corrected chi connectivity index (χ1v) is 19.7. The molecule has 0 unspecified atom stereocenters. The third kappa shape index (κ3) is 4.34. The fourth-order valence-electron chi connectivity index (χ4n) is 10.6. The number of rotatable bonds is 4. The fraction of sp³-hybridized carbons (Fsp3) is 0.127. The maximum atomic E-state index is 2.50. The van der Waals surface area contributed by atoms with Crippen molar-refractivity contribution in [3.8, 4) is 55.6 Å². The molecule has 0 N–H and O–H groups in total. The highest BCUT2D eigenvalue weighted by Gasteiger charge is 2.47. The van der Waals surface area contributed by atoms with Gasteiger partial charge in [-0.1, -0.05) is 185 Å². The summed E-state index contributed by atoms with van der Waals surface area (Å²) >= 11 is 0. The Morgan fingerprint density at radius 2 is 0.545 bits per heavy atom. The summed E-state index contributed by atoms with van der Waals surface area (Å²) in [4.78, 5) is 0. The van der Waals surface area contributed by atoms with Crippen molar-refractivity contribution < 1.29 is 0 Å². The van der Waals surface area contributed by atoms with E-state index in [-0.39, 0.29) is 10.8 Å². The van der Waals surface area contributed by atoms with E-state index in [0.29, 0.717) is 0 Å². The predicted octanol–water partition coefficient (Wildman–Crippen LogP) is 14.0. The smallest absolute Gasteiger partial charge is 0.0622 e. The summed E-state index contributed by atoms with van der Waals surface area (Å²) in [6.07, 6.45) is 0. The van der Waals surface area contributed by atoms with Crippen LogP contribution in [0.3, 0.4) is 0 Å². The first-order valence-electron chi connectivity index (χ1n) is 19.7. The molecule has 0 heteroatoms. The van der Waals surface area contributed by atoms with Gasteiger partial charge >= 0.3 is 0 Å². The predicted molar refractivity (Wildman–Crippen MR) is 230 cm³/mol. The Balaban J connectivity index is 1.12. The quantitative estimate of drug-likeness (QED) is 0.171. The van der Waals surface area contributed by atoms with E-state index in [0.717, 1.165) is 0 Å².